The van der Waals surface area contributed by atoms with Crippen LogP contribution in [0.15, 0.2) is 12.7 Å². The molecule has 0 spiro atoms. The van der Waals surface area contributed by atoms with Gasteiger partial charge in [0.1, 0.15) is 5.78 Å². The van der Waals surface area contributed by atoms with Gasteiger partial charge in [-0.1, -0.05) is 19.9 Å². The zero-order chi connectivity index (χ0) is 8.15. The van der Waals surface area contributed by atoms with Crippen molar-refractivity contribution in [2.45, 2.75) is 26.4 Å². The number of Topliss-reactive ketones (excluding diaryl/α,β-unsaturated/α-hetero) is 1. The molecule has 0 unspecified atom stereocenters. The van der Waals surface area contributed by atoms with Crippen LogP contribution in [-0.4, -0.2) is 17.0 Å². The smallest absolute Gasteiger partial charge is 0.138 e. The van der Waals surface area contributed by atoms with Gasteiger partial charge in [-0.3, -0.25) is 4.79 Å². The van der Waals surface area contributed by atoms with Crippen molar-refractivity contribution in [3.63, 3.8) is 0 Å². The van der Waals surface area contributed by atoms with Gasteiger partial charge in [-0.05, 0) is 0 Å². The zero-order valence-electron chi connectivity index (χ0n) is 6.50. The third kappa shape index (κ3) is 3.41. The number of hydrogen-bond acceptors (Lipinski definition) is 2. The molecule has 1 N–H and O–H groups in total. The van der Waals surface area contributed by atoms with E-state index in [9.17, 15) is 4.79 Å². The molecule has 0 aliphatic heterocycles. The monoisotopic (exact) mass is 142 g/mol. The minimum atomic E-state index is -0.671. The van der Waals surface area contributed by atoms with Crippen molar-refractivity contribution in [2.24, 2.45) is 5.92 Å². The molecule has 0 saturated carbocycles. The molecule has 1 atom stereocenters. The minimum absolute atomic E-state index is 0.00889. The molecular formula is C8H14O2. The zero-order valence-corrected chi connectivity index (χ0v) is 6.50. The maximum atomic E-state index is 10.9. The maximum absolute atomic E-state index is 10.9. The van der Waals surface area contributed by atoms with Gasteiger partial charge in [-0.25, -0.2) is 0 Å². The molecule has 0 bridgehead atoms. The lowest BCUT2D eigenvalue weighted by atomic mass is 10.0. The van der Waals surface area contributed by atoms with Crippen LogP contribution in [0.2, 0.25) is 0 Å². The van der Waals surface area contributed by atoms with Gasteiger partial charge < -0.3 is 5.11 Å². The van der Waals surface area contributed by atoms with Crippen molar-refractivity contribution in [3.05, 3.63) is 12.7 Å². The van der Waals surface area contributed by atoms with E-state index in [1.54, 1.807) is 0 Å². The highest BCUT2D eigenvalue weighted by Crippen LogP contribution is 2.02. The van der Waals surface area contributed by atoms with Gasteiger partial charge in [0.05, 0.1) is 6.10 Å². The summed E-state index contributed by atoms with van der Waals surface area (Å²) in [6.07, 6.45) is 0.899. The van der Waals surface area contributed by atoms with E-state index >= 15 is 0 Å². The van der Waals surface area contributed by atoms with Crippen LogP contribution in [0.4, 0.5) is 0 Å². The predicted octanol–water partition coefficient (Wildman–Crippen LogP) is 1.15. The van der Waals surface area contributed by atoms with Gasteiger partial charge in [0.25, 0.3) is 0 Å². The summed E-state index contributed by atoms with van der Waals surface area (Å²) in [4.78, 5) is 10.9. The molecule has 0 aromatic rings. The number of ketones is 1. The minimum Gasteiger partial charge on any atom is -0.389 e. The topological polar surface area (TPSA) is 37.3 Å². The lowest BCUT2D eigenvalue weighted by molar-refractivity contribution is -0.123. The van der Waals surface area contributed by atoms with E-state index in [4.69, 9.17) is 5.11 Å². The van der Waals surface area contributed by atoms with Crippen LogP contribution in [0, 0.1) is 5.92 Å². The first kappa shape index (κ1) is 9.37. The second-order valence-electron chi connectivity index (χ2n) is 2.63. The molecular weight excluding hydrogens is 128 g/mol. The van der Waals surface area contributed by atoms with Gasteiger partial charge in [0, 0.05) is 12.3 Å². The number of rotatable bonds is 4. The van der Waals surface area contributed by atoms with Gasteiger partial charge in [-0.2, -0.15) is 0 Å². The molecule has 0 aromatic carbocycles. The number of hydrogen-bond donors (Lipinski definition) is 1. The Bertz CT molecular complexity index is 127. The number of carbonyl (C=O) groups excluding carboxylic acids is 1. The van der Waals surface area contributed by atoms with Crippen molar-refractivity contribution in [1.29, 1.82) is 0 Å². The molecule has 0 fully saturated rings. The fourth-order valence-corrected chi connectivity index (χ4v) is 0.525. The van der Waals surface area contributed by atoms with E-state index in [0.717, 1.165) is 0 Å². The third-order valence-corrected chi connectivity index (χ3v) is 1.33. The Balaban J connectivity index is 3.68. The number of aliphatic hydroxyl groups is 1. The van der Waals surface area contributed by atoms with E-state index in [-0.39, 0.29) is 18.1 Å². The Morgan fingerprint density at radius 2 is 2.20 bits per heavy atom. The fraction of sp³-hybridized carbons (Fsp3) is 0.625. The van der Waals surface area contributed by atoms with Crippen molar-refractivity contribution in [2.75, 3.05) is 0 Å². The molecule has 0 aliphatic carbocycles. The Morgan fingerprint density at radius 1 is 1.70 bits per heavy atom. The van der Waals surface area contributed by atoms with Crippen LogP contribution < -0.4 is 0 Å². The second kappa shape index (κ2) is 4.23. The van der Waals surface area contributed by atoms with Crippen LogP contribution in [0.5, 0.6) is 0 Å². The second-order valence-corrected chi connectivity index (χ2v) is 2.63. The summed E-state index contributed by atoms with van der Waals surface area (Å²) in [7, 11) is 0. The first-order chi connectivity index (χ1) is 4.57. The average molecular weight is 142 g/mol. The summed E-state index contributed by atoms with van der Waals surface area (Å²) in [6, 6.07) is 0. The summed E-state index contributed by atoms with van der Waals surface area (Å²) in [5, 5.41) is 8.94. The largest absolute Gasteiger partial charge is 0.389 e. The van der Waals surface area contributed by atoms with Gasteiger partial charge in [0.15, 0.2) is 0 Å². The highest BCUT2D eigenvalue weighted by atomic mass is 16.3. The van der Waals surface area contributed by atoms with Crippen molar-refractivity contribution >= 4 is 5.78 Å². The summed E-state index contributed by atoms with van der Waals surface area (Å²) in [5.41, 5.74) is 0. The van der Waals surface area contributed by atoms with Crippen molar-refractivity contribution in [3.8, 4) is 0 Å². The Labute approximate surface area is 61.6 Å². The number of carbonyl (C=O) groups is 1. The fourth-order valence-electron chi connectivity index (χ4n) is 0.525. The molecule has 0 rings (SSSR count). The van der Waals surface area contributed by atoms with Crippen molar-refractivity contribution in [1.82, 2.24) is 0 Å². The first-order valence-corrected chi connectivity index (χ1v) is 3.41. The van der Waals surface area contributed by atoms with Gasteiger partial charge in [-0.15, -0.1) is 6.58 Å². The average Bonchev–Trinajstić information content (AvgIpc) is 1.87. The van der Waals surface area contributed by atoms with E-state index in [1.165, 1.54) is 6.08 Å². The lowest BCUT2D eigenvalue weighted by Crippen LogP contribution is -2.14. The molecule has 58 valence electrons. The van der Waals surface area contributed by atoms with E-state index in [1.807, 2.05) is 13.8 Å². The summed E-state index contributed by atoms with van der Waals surface area (Å²) < 4.78 is 0. The third-order valence-electron chi connectivity index (χ3n) is 1.33. The quantitative estimate of drug-likeness (QED) is 0.598. The normalized spacial score (nSPS) is 13.2. The van der Waals surface area contributed by atoms with Crippen LogP contribution in [0.3, 0.4) is 0 Å². The molecule has 0 aliphatic rings. The van der Waals surface area contributed by atoms with Crippen LogP contribution in [0.25, 0.3) is 0 Å². The number of aliphatic hydroxyl groups excluding tert-OH is 1. The Kier molecular flexibility index (Phi) is 3.96. The Morgan fingerprint density at radius 3 is 2.50 bits per heavy atom. The lowest BCUT2D eigenvalue weighted by Gasteiger charge is -2.05. The van der Waals surface area contributed by atoms with E-state index in [2.05, 4.69) is 6.58 Å². The Hall–Kier alpha value is -0.630. The standard InChI is InChI=1S/C8H14O2/c1-4-7(9)5-8(10)6(2)3/h4,6-7,9H,1,5H2,2-3H3/t7-/m0/s1. The molecule has 10 heavy (non-hydrogen) atoms. The van der Waals surface area contributed by atoms with E-state index < -0.39 is 6.10 Å². The summed E-state index contributed by atoms with van der Waals surface area (Å²) >= 11 is 0. The van der Waals surface area contributed by atoms with Crippen LogP contribution in [0.1, 0.15) is 20.3 Å². The summed E-state index contributed by atoms with van der Waals surface area (Å²) in [6.45, 7) is 7.01. The molecule has 0 saturated heterocycles. The van der Waals surface area contributed by atoms with E-state index in [0.29, 0.717) is 0 Å². The molecule has 2 nitrogen and oxygen atoms in total. The SMILES string of the molecule is C=C[C@H](O)CC(=O)C(C)C. The molecule has 2 heteroatoms. The van der Waals surface area contributed by atoms with Crippen molar-refractivity contribution < 1.29 is 9.90 Å². The molecule has 0 amide bonds. The first-order valence-electron chi connectivity index (χ1n) is 3.41. The highest BCUT2D eigenvalue weighted by Gasteiger charge is 2.10. The van der Waals surface area contributed by atoms with Gasteiger partial charge in [0.2, 0.25) is 0 Å². The molecule has 0 heterocycles. The van der Waals surface area contributed by atoms with Crippen LogP contribution >= 0.6 is 0 Å². The predicted molar refractivity (Wildman–Crippen MR) is 40.7 cm³/mol. The highest BCUT2D eigenvalue weighted by molar-refractivity contribution is 5.80. The maximum Gasteiger partial charge on any atom is 0.138 e. The van der Waals surface area contributed by atoms with Crippen LogP contribution in [-0.2, 0) is 4.79 Å². The van der Waals surface area contributed by atoms with Gasteiger partial charge >= 0.3 is 0 Å². The summed E-state index contributed by atoms with van der Waals surface area (Å²) in [5.74, 6) is 0.0852. The molecule has 0 aromatic heterocycles. The molecule has 0 radical (unpaired) electrons.